The van der Waals surface area contributed by atoms with E-state index in [9.17, 15) is 14.7 Å². The minimum atomic E-state index is -0.717. The molecule has 5 heterocycles. The van der Waals surface area contributed by atoms with Crippen LogP contribution in [0.5, 0.6) is 5.75 Å². The molecule has 3 aliphatic rings. The highest BCUT2D eigenvalue weighted by atomic mass is 16.5. The van der Waals surface area contributed by atoms with E-state index in [1.54, 1.807) is 12.3 Å². The van der Waals surface area contributed by atoms with Crippen LogP contribution in [0.25, 0.3) is 0 Å². The zero-order valence-electron chi connectivity index (χ0n) is 25.6. The number of amides is 2. The van der Waals surface area contributed by atoms with Crippen LogP contribution < -0.4 is 10.1 Å². The molecule has 2 N–H and O–H groups in total. The maximum Gasteiger partial charge on any atom is 0.270 e. The number of aromatic nitrogens is 3. The number of rotatable bonds is 13. The van der Waals surface area contributed by atoms with Gasteiger partial charge < -0.3 is 24.5 Å². The van der Waals surface area contributed by atoms with Crippen molar-refractivity contribution in [1.82, 2.24) is 30.1 Å². The van der Waals surface area contributed by atoms with Crippen LogP contribution in [0.4, 0.5) is 0 Å². The Morgan fingerprint density at radius 1 is 1.16 bits per heavy atom. The third-order valence-electron chi connectivity index (χ3n) is 8.78. The molecule has 1 saturated heterocycles. The van der Waals surface area contributed by atoms with Gasteiger partial charge in [0.05, 0.1) is 12.3 Å². The van der Waals surface area contributed by atoms with Crippen molar-refractivity contribution in [2.45, 2.75) is 70.4 Å². The van der Waals surface area contributed by atoms with Crippen LogP contribution in [0, 0.1) is 5.92 Å². The number of hydrogen-bond donors (Lipinski definition) is 2. The maximum absolute atomic E-state index is 12.9. The minimum absolute atomic E-state index is 0.129. The van der Waals surface area contributed by atoms with Crippen LogP contribution in [0.15, 0.2) is 57.8 Å². The number of ether oxygens (including phenoxy) is 1. The third kappa shape index (κ3) is 8.49. The van der Waals surface area contributed by atoms with E-state index in [0.717, 1.165) is 63.3 Å². The molecule has 238 valence electrons. The number of fused-ring (bicyclic) bond motifs is 1. The van der Waals surface area contributed by atoms with Crippen molar-refractivity contribution in [3.63, 3.8) is 0 Å². The summed E-state index contributed by atoms with van der Waals surface area (Å²) in [6, 6.07) is 7.80. The summed E-state index contributed by atoms with van der Waals surface area (Å²) in [5, 5.41) is 21.5. The maximum atomic E-state index is 12.9. The zero-order valence-corrected chi connectivity index (χ0v) is 25.6. The summed E-state index contributed by atoms with van der Waals surface area (Å²) in [7, 11) is 0. The molecular formula is C32H40N8O5. The van der Waals surface area contributed by atoms with Crippen LogP contribution in [-0.4, -0.2) is 86.2 Å². The summed E-state index contributed by atoms with van der Waals surface area (Å²) in [5.41, 5.74) is 3.19. The number of benzene rings is 1. The Labute approximate surface area is 262 Å². The predicted octanol–water partition coefficient (Wildman–Crippen LogP) is 2.94. The Morgan fingerprint density at radius 2 is 2.00 bits per heavy atom. The van der Waals surface area contributed by atoms with E-state index in [4.69, 9.17) is 9.15 Å². The Morgan fingerprint density at radius 3 is 2.78 bits per heavy atom. The minimum Gasteiger partial charge on any atom is -0.486 e. The lowest BCUT2D eigenvalue weighted by molar-refractivity contribution is -0.132. The smallest absolute Gasteiger partial charge is 0.270 e. The van der Waals surface area contributed by atoms with Gasteiger partial charge in [0.1, 0.15) is 24.4 Å². The second-order valence-electron chi connectivity index (χ2n) is 12.4. The highest BCUT2D eigenvalue weighted by Gasteiger charge is 2.35. The summed E-state index contributed by atoms with van der Waals surface area (Å²) >= 11 is 0. The van der Waals surface area contributed by atoms with E-state index in [0.29, 0.717) is 37.7 Å². The van der Waals surface area contributed by atoms with Gasteiger partial charge in [-0.2, -0.15) is 10.2 Å². The predicted molar refractivity (Wildman–Crippen MR) is 162 cm³/mol. The SMILES string of the molecule is CC1(CCC(=O)N2CCC(Cc3cc(C(=O)NC[C@H](O)CN4CCc5cc(OCc6cnco6)ccc5C4)ncn3)CC2)N=N1. The van der Waals surface area contributed by atoms with Crippen molar-refractivity contribution in [2.24, 2.45) is 16.1 Å². The fraction of sp³-hybridized carbons (Fsp3) is 0.531. The molecule has 2 amide bonds. The lowest BCUT2D eigenvalue weighted by Crippen LogP contribution is -2.42. The average molecular weight is 617 g/mol. The van der Waals surface area contributed by atoms with Gasteiger partial charge in [0.15, 0.2) is 17.8 Å². The first-order chi connectivity index (χ1) is 21.8. The number of aliphatic hydroxyl groups is 1. The number of carbonyl (C=O) groups is 2. The van der Waals surface area contributed by atoms with Crippen LogP contribution in [0.2, 0.25) is 0 Å². The molecule has 0 radical (unpaired) electrons. The lowest BCUT2D eigenvalue weighted by atomic mass is 9.91. The van der Waals surface area contributed by atoms with Gasteiger partial charge in [0.2, 0.25) is 5.91 Å². The van der Waals surface area contributed by atoms with Gasteiger partial charge in [-0.15, -0.1) is 0 Å². The number of carbonyl (C=O) groups excluding carboxylic acids is 2. The van der Waals surface area contributed by atoms with E-state index in [1.807, 2.05) is 17.9 Å². The van der Waals surface area contributed by atoms with Crippen LogP contribution in [0.1, 0.15) is 65.7 Å². The molecule has 3 aliphatic heterocycles. The monoisotopic (exact) mass is 616 g/mol. The molecule has 45 heavy (non-hydrogen) atoms. The fourth-order valence-corrected chi connectivity index (χ4v) is 5.97. The molecule has 3 aromatic rings. The number of β-amino-alcohol motifs (C(OH)–C–C–N with tert-alkyl or cyclic N) is 1. The summed E-state index contributed by atoms with van der Waals surface area (Å²) in [4.78, 5) is 42.0. The first-order valence-corrected chi connectivity index (χ1v) is 15.7. The second-order valence-corrected chi connectivity index (χ2v) is 12.4. The molecule has 0 saturated carbocycles. The molecule has 1 atom stereocenters. The standard InChI is InChI=1S/C32H40N8O5/c1-32(37-38-32)8-4-30(42)40-10-5-22(6-11-40)12-25-14-29(36-20-35-25)31(43)34-15-26(41)18-39-9-7-23-13-27(3-2-24(23)17-39)44-19-28-16-33-21-45-28/h2-3,13-14,16,20-22,26,41H,4-12,15,17-19H2,1H3,(H,34,43)/t26-/m0/s1. The van der Waals surface area contributed by atoms with Crippen LogP contribution in [0.3, 0.4) is 0 Å². The molecule has 0 aliphatic carbocycles. The summed E-state index contributed by atoms with van der Waals surface area (Å²) in [5.74, 6) is 1.68. The van der Waals surface area contributed by atoms with Crippen molar-refractivity contribution in [3.05, 3.63) is 71.5 Å². The number of piperidine rings is 1. The van der Waals surface area contributed by atoms with Gasteiger partial charge >= 0.3 is 0 Å². The first-order valence-electron chi connectivity index (χ1n) is 15.7. The molecule has 0 spiro atoms. The van der Waals surface area contributed by atoms with Gasteiger partial charge in [0, 0.05) is 57.8 Å². The number of aliphatic hydroxyl groups excluding tert-OH is 1. The number of nitrogens with zero attached hydrogens (tertiary/aromatic N) is 7. The fourth-order valence-electron chi connectivity index (χ4n) is 5.97. The lowest BCUT2D eigenvalue weighted by Gasteiger charge is -2.32. The number of hydrogen-bond acceptors (Lipinski definition) is 11. The normalized spacial score (nSPS) is 18.3. The zero-order chi connectivity index (χ0) is 31.2. The molecule has 1 fully saturated rings. The highest BCUT2D eigenvalue weighted by molar-refractivity contribution is 5.92. The molecule has 2 aromatic heterocycles. The molecular weight excluding hydrogens is 576 g/mol. The topological polar surface area (TPSA) is 159 Å². The second kappa shape index (κ2) is 13.8. The van der Waals surface area contributed by atoms with Gasteiger partial charge in [-0.1, -0.05) is 6.07 Å². The van der Waals surface area contributed by atoms with Gasteiger partial charge in [0.25, 0.3) is 5.91 Å². The highest BCUT2D eigenvalue weighted by Crippen LogP contribution is 2.32. The Hall–Kier alpha value is -4.23. The van der Waals surface area contributed by atoms with Crippen LogP contribution >= 0.6 is 0 Å². The van der Waals surface area contributed by atoms with Gasteiger partial charge in [-0.05, 0) is 67.9 Å². The molecule has 13 nitrogen and oxygen atoms in total. The van der Waals surface area contributed by atoms with Crippen LogP contribution in [-0.2, 0) is 30.8 Å². The van der Waals surface area contributed by atoms with E-state index in [1.165, 1.54) is 23.8 Å². The van der Waals surface area contributed by atoms with Crippen molar-refractivity contribution in [3.8, 4) is 5.75 Å². The summed E-state index contributed by atoms with van der Waals surface area (Å²) in [6.07, 6.45) is 8.25. The van der Waals surface area contributed by atoms with Gasteiger partial charge in [-0.3, -0.25) is 14.5 Å². The molecule has 0 bridgehead atoms. The molecule has 13 heteroatoms. The summed E-state index contributed by atoms with van der Waals surface area (Å²) in [6.45, 7) is 5.83. The molecule has 1 aromatic carbocycles. The number of likely N-dealkylation sites (tertiary alicyclic amines) is 1. The Balaban J connectivity index is 0.907. The quantitative estimate of drug-likeness (QED) is 0.294. The van der Waals surface area contributed by atoms with Crippen molar-refractivity contribution >= 4 is 11.8 Å². The molecule has 6 rings (SSSR count). The largest absolute Gasteiger partial charge is 0.486 e. The Kier molecular flexibility index (Phi) is 9.45. The van der Waals surface area contributed by atoms with Crippen molar-refractivity contribution in [2.75, 3.05) is 32.7 Å². The van der Waals surface area contributed by atoms with E-state index >= 15 is 0 Å². The van der Waals surface area contributed by atoms with E-state index in [2.05, 4.69) is 47.5 Å². The Bertz CT molecular complexity index is 1500. The number of oxazole rings is 1. The van der Waals surface area contributed by atoms with E-state index < -0.39 is 6.10 Å². The van der Waals surface area contributed by atoms with Crippen molar-refractivity contribution < 1.29 is 23.8 Å². The van der Waals surface area contributed by atoms with E-state index in [-0.39, 0.29) is 29.7 Å². The average Bonchev–Trinajstić information content (AvgIpc) is 3.56. The third-order valence-corrected chi connectivity index (χ3v) is 8.78. The molecule has 0 unspecified atom stereocenters. The summed E-state index contributed by atoms with van der Waals surface area (Å²) < 4.78 is 11.0. The van der Waals surface area contributed by atoms with Crippen molar-refractivity contribution in [1.29, 1.82) is 0 Å². The number of nitrogens with one attached hydrogen (secondary N) is 1. The van der Waals surface area contributed by atoms with Gasteiger partial charge in [-0.25, -0.2) is 15.0 Å². The first kappa shape index (κ1) is 30.8.